The number of halogens is 6. The minimum absolute atomic E-state index is 0. The maximum Gasteiger partial charge on any atom is 0.228 e. The lowest BCUT2D eigenvalue weighted by atomic mass is 10.2. The van der Waals surface area contributed by atoms with Gasteiger partial charge in [0.1, 0.15) is 5.69 Å². The Bertz CT molecular complexity index is 1350. The number of alkyl halides is 2. The van der Waals surface area contributed by atoms with E-state index >= 15 is 0 Å². The Morgan fingerprint density at radius 3 is 1.83 bits per heavy atom. The molecule has 4 aromatic rings. The van der Waals surface area contributed by atoms with Gasteiger partial charge in [0.15, 0.2) is 10.3 Å². The van der Waals surface area contributed by atoms with Crippen molar-refractivity contribution in [2.24, 2.45) is 0 Å². The molecular weight excluding hydrogens is 667 g/mol. The number of hydrogen-bond acceptors (Lipinski definition) is 6. The lowest BCUT2D eigenvalue weighted by Gasteiger charge is -2.18. The largest absolute Gasteiger partial charge is 0.308 e. The highest BCUT2D eigenvalue weighted by molar-refractivity contribution is 6.63. The van der Waals surface area contributed by atoms with Crippen LogP contribution in [0.5, 0.6) is 0 Å². The highest BCUT2D eigenvalue weighted by atomic mass is 35.5. The predicted molar refractivity (Wildman–Crippen MR) is 174 cm³/mol. The van der Waals surface area contributed by atoms with Crippen molar-refractivity contribution in [3.8, 4) is 11.4 Å². The van der Waals surface area contributed by atoms with E-state index in [9.17, 15) is 9.59 Å². The van der Waals surface area contributed by atoms with Gasteiger partial charge in [0.25, 0.3) is 0 Å². The Morgan fingerprint density at radius 2 is 1.40 bits per heavy atom. The molecule has 0 fully saturated rings. The summed E-state index contributed by atoms with van der Waals surface area (Å²) in [7, 11) is 0. The molecule has 0 radical (unpaired) electrons. The topological polar surface area (TPSA) is 98.8 Å². The summed E-state index contributed by atoms with van der Waals surface area (Å²) in [6.45, 7) is 4.51. The van der Waals surface area contributed by atoms with Crippen molar-refractivity contribution in [3.63, 3.8) is 0 Å². The maximum absolute atomic E-state index is 12.0. The lowest BCUT2D eigenvalue weighted by molar-refractivity contribution is -0.118. The molecule has 4 aromatic heterocycles. The van der Waals surface area contributed by atoms with Gasteiger partial charge in [-0.3, -0.25) is 19.6 Å². The molecule has 4 heterocycles. The Labute approximate surface area is 276 Å². The van der Waals surface area contributed by atoms with Crippen LogP contribution in [-0.2, 0) is 16.0 Å². The number of rotatable bonds is 10. The summed E-state index contributed by atoms with van der Waals surface area (Å²) in [5, 5.41) is 8.94. The zero-order valence-electron chi connectivity index (χ0n) is 23.0. The van der Waals surface area contributed by atoms with Gasteiger partial charge in [0, 0.05) is 55.3 Å². The smallest absolute Gasteiger partial charge is 0.228 e. The molecule has 0 saturated heterocycles. The number of amides is 1. The number of nitrogens with zero attached hydrogens (tertiary/aromatic N) is 7. The summed E-state index contributed by atoms with van der Waals surface area (Å²) < 4.78 is 3.36. The van der Waals surface area contributed by atoms with Crippen molar-refractivity contribution >= 4 is 87.2 Å². The quantitative estimate of drug-likeness (QED) is 0.125. The molecule has 0 aliphatic heterocycles. The number of carbonyl (C=O) groups excluding carboxylic acids is 2. The van der Waals surface area contributed by atoms with Crippen molar-refractivity contribution in [2.45, 2.75) is 39.5 Å². The highest BCUT2D eigenvalue weighted by Crippen LogP contribution is 2.26. The van der Waals surface area contributed by atoms with Crippen molar-refractivity contribution in [1.29, 1.82) is 0 Å². The van der Waals surface area contributed by atoms with Crippen LogP contribution in [0.2, 0.25) is 10.3 Å². The molecule has 42 heavy (non-hydrogen) atoms. The Kier molecular flexibility index (Phi) is 18.4. The molecule has 228 valence electrons. The SMILES string of the molecule is CCCc1cn(-c2cccnc2)nc1Cl.CCN(C(=O)CCCl)c1cn(-c2cccnc2)nc1Cl.Cl.O=C(Cl)CCCl. The third-order valence-electron chi connectivity index (χ3n) is 5.24. The third-order valence-corrected chi connectivity index (χ3v) is 6.39. The molecule has 0 aliphatic carbocycles. The first-order valence-corrected chi connectivity index (χ1v) is 14.9. The van der Waals surface area contributed by atoms with Crippen LogP contribution in [0, 0.1) is 0 Å². The van der Waals surface area contributed by atoms with E-state index in [0.717, 1.165) is 29.8 Å². The van der Waals surface area contributed by atoms with E-state index in [0.29, 0.717) is 23.3 Å². The number of carbonyl (C=O) groups is 2. The summed E-state index contributed by atoms with van der Waals surface area (Å²) in [6.07, 6.45) is 13.1. The zero-order chi connectivity index (χ0) is 30.2. The molecular formula is C27H31Cl6N7O2. The van der Waals surface area contributed by atoms with Gasteiger partial charge < -0.3 is 4.90 Å². The maximum atomic E-state index is 12.0. The second-order valence-electron chi connectivity index (χ2n) is 8.18. The summed E-state index contributed by atoms with van der Waals surface area (Å²) in [5.74, 6) is 0.529. The molecule has 1 amide bonds. The van der Waals surface area contributed by atoms with Crippen LogP contribution in [0.15, 0.2) is 61.4 Å². The predicted octanol–water partition coefficient (Wildman–Crippen LogP) is 7.58. The van der Waals surface area contributed by atoms with Gasteiger partial charge in [-0.2, -0.15) is 10.2 Å². The lowest BCUT2D eigenvalue weighted by Crippen LogP contribution is -2.30. The Hall–Kier alpha value is -2.40. The number of hydrogen-bond donors (Lipinski definition) is 0. The van der Waals surface area contributed by atoms with Crippen LogP contribution < -0.4 is 4.90 Å². The fourth-order valence-corrected chi connectivity index (χ4v) is 4.35. The summed E-state index contributed by atoms with van der Waals surface area (Å²) in [6, 6.07) is 7.49. The van der Waals surface area contributed by atoms with E-state index in [1.165, 1.54) is 0 Å². The molecule has 0 bridgehead atoms. The van der Waals surface area contributed by atoms with Crippen LogP contribution in [0.4, 0.5) is 5.69 Å². The van der Waals surface area contributed by atoms with Crippen molar-refractivity contribution in [2.75, 3.05) is 23.2 Å². The normalized spacial score (nSPS) is 9.98. The van der Waals surface area contributed by atoms with E-state index in [1.54, 1.807) is 51.3 Å². The van der Waals surface area contributed by atoms with E-state index in [2.05, 4.69) is 27.1 Å². The number of aryl methyl sites for hydroxylation is 1. The summed E-state index contributed by atoms with van der Waals surface area (Å²) in [4.78, 5) is 31.4. The average Bonchev–Trinajstić information content (AvgIpc) is 3.53. The monoisotopic (exact) mass is 695 g/mol. The van der Waals surface area contributed by atoms with Gasteiger partial charge in [-0.25, -0.2) is 9.36 Å². The first-order valence-electron chi connectivity index (χ1n) is 12.7. The molecule has 0 aliphatic rings. The van der Waals surface area contributed by atoms with Gasteiger partial charge in [-0.1, -0.05) is 36.5 Å². The molecule has 0 unspecified atom stereocenters. The summed E-state index contributed by atoms with van der Waals surface area (Å²) >= 11 is 27.7. The molecule has 0 atom stereocenters. The number of pyridine rings is 2. The first-order chi connectivity index (χ1) is 19.7. The first kappa shape index (κ1) is 37.6. The van der Waals surface area contributed by atoms with E-state index in [-0.39, 0.29) is 47.4 Å². The van der Waals surface area contributed by atoms with E-state index in [4.69, 9.17) is 58.0 Å². The second kappa shape index (κ2) is 20.5. The molecule has 0 saturated carbocycles. The van der Waals surface area contributed by atoms with Gasteiger partial charge >= 0.3 is 0 Å². The van der Waals surface area contributed by atoms with Gasteiger partial charge in [0.2, 0.25) is 11.1 Å². The van der Waals surface area contributed by atoms with Crippen LogP contribution in [0.3, 0.4) is 0 Å². The van der Waals surface area contributed by atoms with Crippen LogP contribution in [0.1, 0.15) is 38.7 Å². The van der Waals surface area contributed by atoms with Crippen molar-refractivity contribution < 1.29 is 9.59 Å². The molecule has 4 rings (SSSR count). The number of anilines is 1. The Morgan fingerprint density at radius 1 is 0.857 bits per heavy atom. The van der Waals surface area contributed by atoms with Crippen molar-refractivity contribution in [3.05, 3.63) is 77.3 Å². The molecule has 9 nitrogen and oxygen atoms in total. The van der Waals surface area contributed by atoms with Gasteiger partial charge in [-0.05, 0) is 49.2 Å². The summed E-state index contributed by atoms with van der Waals surface area (Å²) in [5.41, 5.74) is 3.37. The minimum Gasteiger partial charge on any atom is -0.308 e. The average molecular weight is 698 g/mol. The Balaban J connectivity index is 0.000000354. The van der Waals surface area contributed by atoms with Gasteiger partial charge in [-0.15, -0.1) is 35.6 Å². The zero-order valence-corrected chi connectivity index (χ0v) is 27.6. The van der Waals surface area contributed by atoms with Crippen LogP contribution in [-0.4, -0.2) is 59.0 Å². The molecule has 0 N–H and O–H groups in total. The molecule has 0 aromatic carbocycles. The van der Waals surface area contributed by atoms with Crippen LogP contribution in [0.25, 0.3) is 11.4 Å². The number of aromatic nitrogens is 6. The highest BCUT2D eigenvalue weighted by Gasteiger charge is 2.19. The standard InChI is InChI=1S/C13H14Cl2N4O.C11H12ClN3.C3H4Cl2O.ClH/c1-2-18(12(20)5-6-14)11-9-19(17-13(11)15)10-4-3-7-16-8-10;1-2-4-9-8-15(14-11(9)12)10-5-3-6-13-7-10;4-2-1-3(5)6;/h3-4,7-9H,2,5-6H2,1H3;3,5-8H,2,4H2,1H3;1-2H2;1H. The fraction of sp³-hybridized carbons (Fsp3) is 0.333. The van der Waals surface area contributed by atoms with Crippen LogP contribution >= 0.6 is 70.4 Å². The molecule has 15 heteroatoms. The fourth-order valence-electron chi connectivity index (χ4n) is 3.36. The second-order valence-corrected chi connectivity index (χ2v) is 10.1. The minimum atomic E-state index is -0.370. The van der Waals surface area contributed by atoms with E-state index < -0.39 is 0 Å². The van der Waals surface area contributed by atoms with Gasteiger partial charge in [0.05, 0.1) is 30.0 Å². The molecule has 0 spiro atoms. The third kappa shape index (κ3) is 12.1. The van der Waals surface area contributed by atoms with E-state index in [1.807, 2.05) is 31.3 Å². The van der Waals surface area contributed by atoms with Crippen molar-refractivity contribution in [1.82, 2.24) is 29.5 Å².